The second-order valence-corrected chi connectivity index (χ2v) is 8.14. The number of anilines is 1. The van der Waals surface area contributed by atoms with Crippen LogP contribution in [0.25, 0.3) is 11.3 Å². The van der Waals surface area contributed by atoms with Crippen molar-refractivity contribution in [3.05, 3.63) is 65.4 Å². The second kappa shape index (κ2) is 9.20. The first-order chi connectivity index (χ1) is 16.2. The molecule has 0 spiro atoms. The standard InChI is InChI=1S/C24H23F3N4O3/c1-2-10-28-23(34)31-20(14-6-7-14)13-19(30-31)18-9-8-17(12-21(18)32)29-22(33)15-4-3-5-16(11-15)24(25,26)27/h3-5,8-9,11-14,32H,2,6-7,10H2,1H3,(H,28,34)(H,29,33). The van der Waals surface area contributed by atoms with Crippen molar-refractivity contribution in [2.24, 2.45) is 0 Å². The monoisotopic (exact) mass is 472 g/mol. The number of halogens is 3. The van der Waals surface area contributed by atoms with Gasteiger partial charge in [0, 0.05) is 35.3 Å². The molecule has 1 fully saturated rings. The molecule has 0 saturated heterocycles. The Balaban J connectivity index is 1.55. The van der Waals surface area contributed by atoms with Gasteiger partial charge in [-0.3, -0.25) is 4.79 Å². The van der Waals surface area contributed by atoms with Gasteiger partial charge in [0.1, 0.15) is 5.75 Å². The molecule has 0 radical (unpaired) electrons. The summed E-state index contributed by atoms with van der Waals surface area (Å²) in [5.41, 5.74) is 0.645. The number of rotatable bonds is 6. The van der Waals surface area contributed by atoms with Gasteiger partial charge < -0.3 is 15.7 Å². The highest BCUT2D eigenvalue weighted by Crippen LogP contribution is 2.42. The summed E-state index contributed by atoms with van der Waals surface area (Å²) in [6.07, 6.45) is -1.86. The fraction of sp³-hybridized carbons (Fsp3) is 0.292. The van der Waals surface area contributed by atoms with Gasteiger partial charge in [0.2, 0.25) is 0 Å². The smallest absolute Gasteiger partial charge is 0.416 e. The summed E-state index contributed by atoms with van der Waals surface area (Å²) in [4.78, 5) is 24.9. The summed E-state index contributed by atoms with van der Waals surface area (Å²) in [7, 11) is 0. The lowest BCUT2D eigenvalue weighted by atomic mass is 10.1. The first-order valence-electron chi connectivity index (χ1n) is 10.9. The molecule has 1 aliphatic rings. The van der Waals surface area contributed by atoms with Crippen LogP contribution in [0.5, 0.6) is 5.75 Å². The fourth-order valence-electron chi connectivity index (χ4n) is 3.53. The Morgan fingerprint density at radius 2 is 1.91 bits per heavy atom. The van der Waals surface area contributed by atoms with E-state index in [1.54, 1.807) is 6.07 Å². The van der Waals surface area contributed by atoms with Crippen molar-refractivity contribution in [3.8, 4) is 17.0 Å². The van der Waals surface area contributed by atoms with Crippen LogP contribution in [0.2, 0.25) is 0 Å². The first-order valence-corrected chi connectivity index (χ1v) is 10.9. The number of phenolic OH excluding ortho intramolecular Hbond substituents is 1. The number of carbonyl (C=O) groups is 2. The van der Waals surface area contributed by atoms with E-state index in [-0.39, 0.29) is 28.9 Å². The fourth-order valence-corrected chi connectivity index (χ4v) is 3.53. The molecule has 1 aromatic heterocycles. The Bertz CT molecular complexity index is 1230. The molecule has 4 rings (SSSR count). The maximum Gasteiger partial charge on any atom is 0.416 e. The third-order valence-electron chi connectivity index (χ3n) is 5.43. The molecule has 7 nitrogen and oxygen atoms in total. The van der Waals surface area contributed by atoms with Gasteiger partial charge in [-0.25, -0.2) is 4.79 Å². The highest BCUT2D eigenvalue weighted by Gasteiger charge is 2.32. The Hall–Kier alpha value is -3.82. The number of amides is 2. The molecule has 178 valence electrons. The number of alkyl halides is 3. The summed E-state index contributed by atoms with van der Waals surface area (Å²) < 4.78 is 40.1. The van der Waals surface area contributed by atoms with Crippen LogP contribution in [0.4, 0.5) is 23.7 Å². The van der Waals surface area contributed by atoms with Crippen molar-refractivity contribution in [2.45, 2.75) is 38.3 Å². The van der Waals surface area contributed by atoms with Gasteiger partial charge in [-0.05, 0) is 55.7 Å². The van der Waals surface area contributed by atoms with Crippen LogP contribution in [-0.2, 0) is 6.18 Å². The summed E-state index contributed by atoms with van der Waals surface area (Å²) in [5.74, 6) is -0.698. The lowest BCUT2D eigenvalue weighted by Gasteiger charge is -2.10. The first kappa shape index (κ1) is 23.3. The molecule has 0 aliphatic heterocycles. The van der Waals surface area contributed by atoms with Gasteiger partial charge in [0.05, 0.1) is 17.0 Å². The average molecular weight is 472 g/mol. The molecule has 10 heteroatoms. The van der Waals surface area contributed by atoms with Gasteiger partial charge in [-0.15, -0.1) is 0 Å². The van der Waals surface area contributed by atoms with E-state index in [4.69, 9.17) is 0 Å². The van der Waals surface area contributed by atoms with E-state index in [0.717, 1.165) is 43.2 Å². The molecule has 3 aromatic rings. The van der Waals surface area contributed by atoms with E-state index in [1.165, 1.54) is 28.9 Å². The zero-order valence-electron chi connectivity index (χ0n) is 18.3. The number of aromatic nitrogens is 2. The molecule has 3 N–H and O–H groups in total. The van der Waals surface area contributed by atoms with E-state index in [2.05, 4.69) is 15.7 Å². The maximum absolute atomic E-state index is 12.9. The van der Waals surface area contributed by atoms with Gasteiger partial charge in [0.25, 0.3) is 5.91 Å². The van der Waals surface area contributed by atoms with Crippen molar-refractivity contribution in [1.29, 1.82) is 0 Å². The van der Waals surface area contributed by atoms with Crippen LogP contribution in [0.15, 0.2) is 48.5 Å². The van der Waals surface area contributed by atoms with E-state index >= 15 is 0 Å². The SMILES string of the molecule is CCCNC(=O)n1nc(-c2ccc(NC(=O)c3cccc(C(F)(F)F)c3)cc2O)cc1C1CC1. The Morgan fingerprint density at radius 1 is 1.15 bits per heavy atom. The Kier molecular flexibility index (Phi) is 6.32. The molecule has 1 aliphatic carbocycles. The lowest BCUT2D eigenvalue weighted by Crippen LogP contribution is -2.31. The van der Waals surface area contributed by atoms with E-state index < -0.39 is 17.6 Å². The van der Waals surface area contributed by atoms with Crippen LogP contribution in [0, 0.1) is 0 Å². The molecule has 2 amide bonds. The van der Waals surface area contributed by atoms with E-state index in [0.29, 0.717) is 17.8 Å². The van der Waals surface area contributed by atoms with Gasteiger partial charge >= 0.3 is 12.2 Å². The highest BCUT2D eigenvalue weighted by molar-refractivity contribution is 6.04. The van der Waals surface area contributed by atoms with Crippen LogP contribution < -0.4 is 10.6 Å². The van der Waals surface area contributed by atoms with Crippen molar-refractivity contribution in [1.82, 2.24) is 15.1 Å². The van der Waals surface area contributed by atoms with E-state index in [9.17, 15) is 27.9 Å². The molecular weight excluding hydrogens is 449 g/mol. The van der Waals surface area contributed by atoms with Crippen molar-refractivity contribution in [3.63, 3.8) is 0 Å². The summed E-state index contributed by atoms with van der Waals surface area (Å²) in [6.45, 7) is 2.46. The minimum Gasteiger partial charge on any atom is -0.507 e. The van der Waals surface area contributed by atoms with Crippen LogP contribution in [0.3, 0.4) is 0 Å². The Morgan fingerprint density at radius 3 is 2.56 bits per heavy atom. The van der Waals surface area contributed by atoms with Crippen LogP contribution >= 0.6 is 0 Å². The van der Waals surface area contributed by atoms with E-state index in [1.807, 2.05) is 6.92 Å². The maximum atomic E-state index is 12.9. The normalized spacial score (nSPS) is 13.5. The quantitative estimate of drug-likeness (QED) is 0.449. The summed E-state index contributed by atoms with van der Waals surface area (Å²) >= 11 is 0. The van der Waals surface area contributed by atoms with Crippen molar-refractivity contribution >= 4 is 17.6 Å². The zero-order chi connectivity index (χ0) is 24.5. The molecular formula is C24H23F3N4O3. The van der Waals surface area contributed by atoms with Crippen molar-refractivity contribution in [2.75, 3.05) is 11.9 Å². The third kappa shape index (κ3) is 5.05. The molecule has 1 heterocycles. The molecule has 1 saturated carbocycles. The lowest BCUT2D eigenvalue weighted by molar-refractivity contribution is -0.137. The summed E-state index contributed by atoms with van der Waals surface area (Å²) in [5, 5.41) is 20.2. The second-order valence-electron chi connectivity index (χ2n) is 8.14. The minimum atomic E-state index is -4.56. The van der Waals surface area contributed by atoms with Crippen LogP contribution in [0.1, 0.15) is 53.7 Å². The number of nitrogens with zero attached hydrogens (tertiary/aromatic N) is 2. The molecule has 34 heavy (non-hydrogen) atoms. The van der Waals surface area contributed by atoms with Crippen LogP contribution in [-0.4, -0.2) is 33.4 Å². The Labute approximate surface area is 193 Å². The number of hydrogen-bond donors (Lipinski definition) is 3. The largest absolute Gasteiger partial charge is 0.507 e. The predicted molar refractivity (Wildman–Crippen MR) is 120 cm³/mol. The number of aromatic hydroxyl groups is 1. The van der Waals surface area contributed by atoms with Gasteiger partial charge in [0.15, 0.2) is 0 Å². The predicted octanol–water partition coefficient (Wildman–Crippen LogP) is 5.37. The highest BCUT2D eigenvalue weighted by atomic mass is 19.4. The molecule has 0 unspecified atom stereocenters. The third-order valence-corrected chi connectivity index (χ3v) is 5.43. The number of nitrogens with one attached hydrogen (secondary N) is 2. The molecule has 0 bridgehead atoms. The average Bonchev–Trinajstić information content (AvgIpc) is 3.55. The number of phenols is 1. The van der Waals surface area contributed by atoms with Gasteiger partial charge in [-0.2, -0.15) is 23.0 Å². The topological polar surface area (TPSA) is 96.3 Å². The number of carbonyl (C=O) groups excluding carboxylic acids is 2. The molecule has 0 atom stereocenters. The zero-order valence-corrected chi connectivity index (χ0v) is 18.3. The number of benzene rings is 2. The van der Waals surface area contributed by atoms with Crippen molar-refractivity contribution < 1.29 is 27.9 Å². The molecule has 2 aromatic carbocycles. The minimum absolute atomic E-state index is 0.163. The van der Waals surface area contributed by atoms with Gasteiger partial charge in [-0.1, -0.05) is 13.0 Å². The number of hydrogen-bond acceptors (Lipinski definition) is 4. The summed E-state index contributed by atoms with van der Waals surface area (Å²) in [6, 6.07) is 9.83.